The van der Waals surface area contributed by atoms with E-state index in [-0.39, 0.29) is 17.0 Å². The van der Waals surface area contributed by atoms with E-state index in [2.05, 4.69) is 4.98 Å². The van der Waals surface area contributed by atoms with E-state index in [1.165, 1.54) is 4.57 Å². The van der Waals surface area contributed by atoms with Crippen LogP contribution in [-0.4, -0.2) is 28.7 Å². The van der Waals surface area contributed by atoms with Crippen LogP contribution in [0.15, 0.2) is 4.79 Å². The molecule has 1 amide bonds. The number of nitrogens with one attached hydrogen (secondary N) is 1. The van der Waals surface area contributed by atoms with E-state index in [1.54, 1.807) is 13.8 Å². The van der Waals surface area contributed by atoms with Crippen molar-refractivity contribution in [1.29, 1.82) is 0 Å². The van der Waals surface area contributed by atoms with Crippen molar-refractivity contribution in [1.82, 2.24) is 15.0 Å². The van der Waals surface area contributed by atoms with E-state index in [0.717, 1.165) is 12.8 Å². The third kappa shape index (κ3) is 2.97. The van der Waals surface area contributed by atoms with Crippen LogP contribution >= 0.6 is 0 Å². The first-order chi connectivity index (χ1) is 10.4. The number of carbonyl (C=O) groups excluding carboxylic acids is 1. The van der Waals surface area contributed by atoms with E-state index < -0.39 is 11.5 Å². The van der Waals surface area contributed by atoms with Crippen LogP contribution in [0.3, 0.4) is 0 Å². The predicted octanol–water partition coefficient (Wildman–Crippen LogP) is 0.291. The summed E-state index contributed by atoms with van der Waals surface area (Å²) in [5.74, 6) is 4.86. The number of fused-ring (bicyclic) bond motifs is 1. The van der Waals surface area contributed by atoms with Crippen LogP contribution in [-0.2, 0) is 16.9 Å². The largest absolute Gasteiger partial charge is 0.486 e. The van der Waals surface area contributed by atoms with Crippen LogP contribution in [0.25, 0.3) is 0 Å². The molecule has 0 saturated carbocycles. The Morgan fingerprint density at radius 2 is 2.27 bits per heavy atom. The molecular formula is C14H22N4O4. The van der Waals surface area contributed by atoms with Gasteiger partial charge in [-0.3, -0.25) is 19.6 Å². The zero-order chi connectivity index (χ0) is 16.3. The van der Waals surface area contributed by atoms with E-state index in [0.29, 0.717) is 25.6 Å². The highest BCUT2D eigenvalue weighted by atomic mass is 16.5. The summed E-state index contributed by atoms with van der Waals surface area (Å²) in [4.78, 5) is 28.9. The van der Waals surface area contributed by atoms with Gasteiger partial charge in [-0.15, -0.1) is 0 Å². The fourth-order valence-electron chi connectivity index (χ4n) is 2.33. The third-order valence-corrected chi connectivity index (χ3v) is 3.53. The molecule has 1 aromatic rings. The number of ether oxygens (including phenoxy) is 2. The maximum absolute atomic E-state index is 12.7. The second-order valence-electron chi connectivity index (χ2n) is 5.60. The van der Waals surface area contributed by atoms with Crippen molar-refractivity contribution in [2.75, 3.05) is 13.2 Å². The molecule has 0 aliphatic carbocycles. The van der Waals surface area contributed by atoms with Crippen LogP contribution in [0, 0.1) is 0 Å². The highest BCUT2D eigenvalue weighted by molar-refractivity contribution is 5.94. The van der Waals surface area contributed by atoms with E-state index in [9.17, 15) is 9.59 Å². The van der Waals surface area contributed by atoms with Gasteiger partial charge in [0.05, 0.1) is 19.8 Å². The molecule has 0 unspecified atom stereocenters. The molecule has 0 saturated heterocycles. The number of hydrogen-bond acceptors (Lipinski definition) is 6. The Bertz CT molecular complexity index is 624. The number of nitrogen functional groups attached to an aromatic ring is 1. The zero-order valence-corrected chi connectivity index (χ0v) is 13.1. The molecule has 3 N–H and O–H groups in total. The van der Waals surface area contributed by atoms with Crippen LogP contribution in [0.2, 0.25) is 0 Å². The van der Waals surface area contributed by atoms with Crippen molar-refractivity contribution in [2.45, 2.75) is 45.8 Å². The number of carbonyl (C=O) groups is 1. The molecule has 0 spiro atoms. The van der Waals surface area contributed by atoms with Crippen molar-refractivity contribution in [2.24, 2.45) is 5.84 Å². The highest BCUT2D eigenvalue weighted by Crippen LogP contribution is 2.27. The molecule has 8 nitrogen and oxygen atoms in total. The van der Waals surface area contributed by atoms with Gasteiger partial charge in [-0.05, 0) is 20.3 Å². The summed E-state index contributed by atoms with van der Waals surface area (Å²) < 4.78 is 12.6. The van der Waals surface area contributed by atoms with Gasteiger partial charge in [0.2, 0.25) is 5.75 Å². The number of aromatic nitrogens is 2. The van der Waals surface area contributed by atoms with Gasteiger partial charge in [0.15, 0.2) is 5.69 Å². The first-order valence-corrected chi connectivity index (χ1v) is 7.35. The van der Waals surface area contributed by atoms with Crippen LogP contribution in [0.1, 0.15) is 49.9 Å². The summed E-state index contributed by atoms with van der Waals surface area (Å²) in [6.45, 7) is 6.72. The molecule has 0 radical (unpaired) electrons. The van der Waals surface area contributed by atoms with Crippen LogP contribution in [0.5, 0.6) is 5.75 Å². The summed E-state index contributed by atoms with van der Waals surface area (Å²) in [6, 6.07) is 0. The molecule has 1 aliphatic heterocycles. The first-order valence-electron chi connectivity index (χ1n) is 7.35. The lowest BCUT2D eigenvalue weighted by atomic mass is 10.1. The summed E-state index contributed by atoms with van der Waals surface area (Å²) in [5, 5.41) is 0. The molecule has 22 heavy (non-hydrogen) atoms. The van der Waals surface area contributed by atoms with Gasteiger partial charge < -0.3 is 9.47 Å². The average molecular weight is 310 g/mol. The number of hydrazine groups is 1. The van der Waals surface area contributed by atoms with Gasteiger partial charge in [-0.2, -0.15) is 0 Å². The molecule has 2 rings (SSSR count). The van der Waals surface area contributed by atoms with Gasteiger partial charge in [0, 0.05) is 0 Å². The summed E-state index contributed by atoms with van der Waals surface area (Å²) in [5.41, 5.74) is 0.760. The highest BCUT2D eigenvalue weighted by Gasteiger charge is 2.34. The fourth-order valence-corrected chi connectivity index (χ4v) is 2.33. The normalized spacial score (nSPS) is 16.0. The molecule has 0 bridgehead atoms. The second kappa shape index (κ2) is 6.45. The number of nitrogens with zero attached hydrogens (tertiary/aromatic N) is 2. The minimum absolute atomic E-state index is 0.0575. The van der Waals surface area contributed by atoms with E-state index >= 15 is 0 Å². The molecular weight excluding hydrogens is 288 g/mol. The topological polar surface area (TPSA) is 108 Å². The molecule has 122 valence electrons. The van der Waals surface area contributed by atoms with Crippen LogP contribution in [0.4, 0.5) is 0 Å². The lowest BCUT2D eigenvalue weighted by Gasteiger charge is -2.32. The number of hydrogen-bond donors (Lipinski definition) is 2. The average Bonchev–Trinajstić information content (AvgIpc) is 2.49. The smallest absolute Gasteiger partial charge is 0.296 e. The second-order valence-corrected chi connectivity index (χ2v) is 5.60. The molecule has 0 aromatic carbocycles. The quantitative estimate of drug-likeness (QED) is 0.350. The summed E-state index contributed by atoms with van der Waals surface area (Å²) in [7, 11) is 0. The van der Waals surface area contributed by atoms with Gasteiger partial charge >= 0.3 is 0 Å². The summed E-state index contributed by atoms with van der Waals surface area (Å²) in [6.07, 6.45) is 1.69. The number of nitrogens with two attached hydrogens (primary N) is 1. The predicted molar refractivity (Wildman–Crippen MR) is 79.5 cm³/mol. The Morgan fingerprint density at radius 1 is 1.55 bits per heavy atom. The van der Waals surface area contributed by atoms with Gasteiger partial charge in [-0.25, -0.2) is 10.8 Å². The van der Waals surface area contributed by atoms with E-state index in [1.807, 2.05) is 12.3 Å². The van der Waals surface area contributed by atoms with Crippen LogP contribution < -0.4 is 21.6 Å². The van der Waals surface area contributed by atoms with Crippen molar-refractivity contribution in [3.63, 3.8) is 0 Å². The van der Waals surface area contributed by atoms with Gasteiger partial charge in [0.1, 0.15) is 11.4 Å². The Balaban J connectivity index is 2.57. The number of amides is 1. The fraction of sp³-hybridized carbons (Fsp3) is 0.643. The van der Waals surface area contributed by atoms with Crippen molar-refractivity contribution in [3.8, 4) is 5.75 Å². The third-order valence-electron chi connectivity index (χ3n) is 3.53. The number of unbranched alkanes of at least 4 members (excludes halogenated alkanes) is 1. The summed E-state index contributed by atoms with van der Waals surface area (Å²) >= 11 is 0. The Morgan fingerprint density at radius 3 is 2.91 bits per heavy atom. The Kier molecular flexibility index (Phi) is 4.82. The molecule has 1 aromatic heterocycles. The Labute approximate surface area is 128 Å². The maximum atomic E-state index is 12.7. The molecule has 0 fully saturated rings. The lowest BCUT2D eigenvalue weighted by molar-refractivity contribution is -0.0567. The molecule has 2 heterocycles. The molecule has 1 aliphatic rings. The van der Waals surface area contributed by atoms with E-state index in [4.69, 9.17) is 15.3 Å². The first kappa shape index (κ1) is 16.4. The van der Waals surface area contributed by atoms with Gasteiger partial charge in [-0.1, -0.05) is 13.3 Å². The maximum Gasteiger partial charge on any atom is 0.296 e. The van der Waals surface area contributed by atoms with Crippen molar-refractivity contribution < 1.29 is 14.3 Å². The SMILES string of the molecule is CCCCOc1c(C(=O)NN)nc2n(c1=O)CCOC2(C)C. The standard InChI is InChI=1S/C14H22N4O4/c1-4-5-7-21-10-9(11(19)17-15)16-13-14(2,3)22-8-6-18(13)12(10)20/h4-8,15H2,1-3H3,(H,17,19). The number of rotatable bonds is 5. The minimum Gasteiger partial charge on any atom is -0.486 e. The lowest BCUT2D eigenvalue weighted by Crippen LogP contribution is -2.43. The van der Waals surface area contributed by atoms with Crippen molar-refractivity contribution in [3.05, 3.63) is 21.9 Å². The molecule has 0 atom stereocenters. The Hall–Kier alpha value is -1.93. The van der Waals surface area contributed by atoms with Gasteiger partial charge in [0.25, 0.3) is 11.5 Å². The van der Waals surface area contributed by atoms with Crippen molar-refractivity contribution >= 4 is 5.91 Å². The molecule has 8 heteroatoms. The zero-order valence-electron chi connectivity index (χ0n) is 13.1. The minimum atomic E-state index is -0.761. The monoisotopic (exact) mass is 310 g/mol.